The first-order valence-corrected chi connectivity index (χ1v) is 5.69. The molecule has 5 nitrogen and oxygen atoms in total. The minimum atomic E-state index is -3.67. The molecule has 15 heavy (non-hydrogen) atoms. The molecule has 0 saturated heterocycles. The number of hydrogen-bond donors (Lipinski definition) is 1. The fourth-order valence-corrected chi connectivity index (χ4v) is 2.10. The molecule has 0 radical (unpaired) electrons. The number of rotatable bonds is 3. The molecule has 0 fully saturated rings. The zero-order valence-corrected chi connectivity index (χ0v) is 8.82. The number of carbonyl (C=O) groups is 1. The SMILES string of the molecule is COC(=O)CS(=O)(=O)c1ccc(O)cc1. The molecule has 1 aromatic rings. The molecule has 6 heteroatoms. The Labute approximate surface area is 87.2 Å². The summed E-state index contributed by atoms with van der Waals surface area (Å²) in [7, 11) is -2.55. The Kier molecular flexibility index (Phi) is 3.31. The van der Waals surface area contributed by atoms with Crippen LogP contribution >= 0.6 is 0 Å². The Hall–Kier alpha value is -1.56. The number of esters is 1. The molecule has 1 N–H and O–H groups in total. The molecule has 0 bridgehead atoms. The third-order valence-electron chi connectivity index (χ3n) is 1.73. The maximum atomic E-state index is 11.5. The van der Waals surface area contributed by atoms with Crippen LogP contribution in [0.1, 0.15) is 0 Å². The molecule has 1 aromatic carbocycles. The molecule has 0 aromatic heterocycles. The number of phenolic OH excluding ortho intramolecular Hbond substituents is 1. The summed E-state index contributed by atoms with van der Waals surface area (Å²) in [5, 5.41) is 8.96. The second-order valence-corrected chi connectivity index (χ2v) is 4.82. The van der Waals surface area contributed by atoms with E-state index in [-0.39, 0.29) is 10.6 Å². The van der Waals surface area contributed by atoms with Crippen LogP contribution in [0, 0.1) is 0 Å². The minimum Gasteiger partial charge on any atom is -0.508 e. The second kappa shape index (κ2) is 4.31. The third kappa shape index (κ3) is 2.95. The van der Waals surface area contributed by atoms with Crippen LogP contribution < -0.4 is 0 Å². The summed E-state index contributed by atoms with van der Waals surface area (Å²) >= 11 is 0. The Morgan fingerprint density at radius 2 is 1.87 bits per heavy atom. The molecule has 0 unspecified atom stereocenters. The van der Waals surface area contributed by atoms with Gasteiger partial charge < -0.3 is 9.84 Å². The standard InChI is InChI=1S/C9H10O5S/c1-14-9(11)6-15(12,13)8-4-2-7(10)3-5-8/h2-5,10H,6H2,1H3. The number of ether oxygens (including phenoxy) is 1. The number of carbonyl (C=O) groups excluding carboxylic acids is 1. The fraction of sp³-hybridized carbons (Fsp3) is 0.222. The number of benzene rings is 1. The summed E-state index contributed by atoms with van der Waals surface area (Å²) in [6.07, 6.45) is 0. The normalized spacial score (nSPS) is 11.0. The van der Waals surface area contributed by atoms with Gasteiger partial charge in [0.2, 0.25) is 0 Å². The van der Waals surface area contributed by atoms with E-state index in [0.717, 1.165) is 7.11 Å². The van der Waals surface area contributed by atoms with Crippen LogP contribution in [-0.4, -0.2) is 32.4 Å². The largest absolute Gasteiger partial charge is 0.508 e. The van der Waals surface area contributed by atoms with E-state index in [9.17, 15) is 13.2 Å². The number of aromatic hydroxyl groups is 1. The van der Waals surface area contributed by atoms with Gasteiger partial charge in [-0.2, -0.15) is 0 Å². The predicted octanol–water partition coefficient (Wildman–Crippen LogP) is 0.339. The predicted molar refractivity (Wildman–Crippen MR) is 52.2 cm³/mol. The first kappa shape index (κ1) is 11.5. The lowest BCUT2D eigenvalue weighted by Crippen LogP contribution is -2.17. The van der Waals surface area contributed by atoms with Gasteiger partial charge in [-0.1, -0.05) is 0 Å². The lowest BCUT2D eigenvalue weighted by molar-refractivity contribution is -0.137. The van der Waals surface area contributed by atoms with Crippen LogP contribution in [0.4, 0.5) is 0 Å². The Bertz CT molecular complexity index is 446. The maximum Gasteiger partial charge on any atom is 0.321 e. The highest BCUT2D eigenvalue weighted by molar-refractivity contribution is 7.92. The van der Waals surface area contributed by atoms with E-state index in [4.69, 9.17) is 5.11 Å². The number of methoxy groups -OCH3 is 1. The molecule has 0 aliphatic heterocycles. The van der Waals surface area contributed by atoms with Crippen molar-refractivity contribution in [3.8, 4) is 5.75 Å². The van der Waals surface area contributed by atoms with Gasteiger partial charge in [0.25, 0.3) is 0 Å². The van der Waals surface area contributed by atoms with E-state index in [1.54, 1.807) is 0 Å². The van der Waals surface area contributed by atoms with Crippen molar-refractivity contribution in [1.29, 1.82) is 0 Å². The van der Waals surface area contributed by atoms with Gasteiger partial charge in [0.1, 0.15) is 5.75 Å². The molecule has 0 aliphatic carbocycles. The minimum absolute atomic E-state index is 0.0225. The lowest BCUT2D eigenvalue weighted by Gasteiger charge is -2.02. The molecule has 0 heterocycles. The number of sulfone groups is 1. The van der Waals surface area contributed by atoms with Crippen LogP contribution in [0.15, 0.2) is 29.2 Å². The van der Waals surface area contributed by atoms with E-state index < -0.39 is 21.6 Å². The van der Waals surface area contributed by atoms with Crippen molar-refractivity contribution >= 4 is 15.8 Å². The van der Waals surface area contributed by atoms with Crippen molar-refractivity contribution in [2.24, 2.45) is 0 Å². The highest BCUT2D eigenvalue weighted by Crippen LogP contribution is 2.15. The van der Waals surface area contributed by atoms with Crippen LogP contribution in [0.2, 0.25) is 0 Å². The van der Waals surface area contributed by atoms with Gasteiger partial charge in [-0.3, -0.25) is 4.79 Å². The van der Waals surface area contributed by atoms with E-state index in [1.807, 2.05) is 0 Å². The van der Waals surface area contributed by atoms with E-state index >= 15 is 0 Å². The summed E-state index contributed by atoms with van der Waals surface area (Å²) in [6.45, 7) is 0. The summed E-state index contributed by atoms with van der Waals surface area (Å²) < 4.78 is 27.3. The third-order valence-corrected chi connectivity index (χ3v) is 3.34. The molecular weight excluding hydrogens is 220 g/mol. The van der Waals surface area contributed by atoms with E-state index in [0.29, 0.717) is 0 Å². The van der Waals surface area contributed by atoms with Gasteiger partial charge in [0.05, 0.1) is 12.0 Å². The highest BCUT2D eigenvalue weighted by atomic mass is 32.2. The van der Waals surface area contributed by atoms with Gasteiger partial charge in [-0.05, 0) is 24.3 Å². The summed E-state index contributed by atoms with van der Waals surface area (Å²) in [5.41, 5.74) is 0. The van der Waals surface area contributed by atoms with Crippen molar-refractivity contribution in [1.82, 2.24) is 0 Å². The summed E-state index contributed by atoms with van der Waals surface area (Å²) in [4.78, 5) is 10.8. The van der Waals surface area contributed by atoms with E-state index in [1.165, 1.54) is 24.3 Å². The molecule has 0 saturated carbocycles. The molecule has 82 valence electrons. The van der Waals surface area contributed by atoms with Gasteiger partial charge in [-0.25, -0.2) is 8.42 Å². The van der Waals surface area contributed by atoms with Crippen LogP contribution in [-0.2, 0) is 19.4 Å². The first-order chi connectivity index (χ1) is 6.95. The van der Waals surface area contributed by atoms with Gasteiger partial charge in [0.15, 0.2) is 15.6 Å². The number of hydrogen-bond acceptors (Lipinski definition) is 5. The average Bonchev–Trinajstić information content (AvgIpc) is 2.17. The maximum absolute atomic E-state index is 11.5. The smallest absolute Gasteiger partial charge is 0.321 e. The zero-order chi connectivity index (χ0) is 11.5. The van der Waals surface area contributed by atoms with Gasteiger partial charge >= 0.3 is 5.97 Å². The van der Waals surface area contributed by atoms with Crippen LogP contribution in [0.5, 0.6) is 5.75 Å². The monoisotopic (exact) mass is 230 g/mol. The van der Waals surface area contributed by atoms with Crippen molar-refractivity contribution < 1.29 is 23.1 Å². The van der Waals surface area contributed by atoms with Crippen molar-refractivity contribution in [2.75, 3.05) is 12.9 Å². The summed E-state index contributed by atoms with van der Waals surface area (Å²) in [6, 6.07) is 4.94. The van der Waals surface area contributed by atoms with Gasteiger partial charge in [-0.15, -0.1) is 0 Å². The molecule has 0 aliphatic rings. The molecule has 0 spiro atoms. The van der Waals surface area contributed by atoms with Crippen molar-refractivity contribution in [2.45, 2.75) is 4.90 Å². The molecular formula is C9H10O5S. The zero-order valence-electron chi connectivity index (χ0n) is 8.00. The molecule has 0 amide bonds. The van der Waals surface area contributed by atoms with Crippen molar-refractivity contribution in [3.63, 3.8) is 0 Å². The van der Waals surface area contributed by atoms with Crippen LogP contribution in [0.3, 0.4) is 0 Å². The Morgan fingerprint density at radius 1 is 1.33 bits per heavy atom. The molecule has 1 rings (SSSR count). The average molecular weight is 230 g/mol. The van der Waals surface area contributed by atoms with Crippen molar-refractivity contribution in [3.05, 3.63) is 24.3 Å². The van der Waals surface area contributed by atoms with E-state index in [2.05, 4.69) is 4.74 Å². The van der Waals surface area contributed by atoms with Gasteiger partial charge in [0, 0.05) is 0 Å². The van der Waals surface area contributed by atoms with Crippen LogP contribution in [0.25, 0.3) is 0 Å². The first-order valence-electron chi connectivity index (χ1n) is 4.04. The molecule has 0 atom stereocenters. The topological polar surface area (TPSA) is 80.7 Å². The Morgan fingerprint density at radius 3 is 2.33 bits per heavy atom. The Balaban J connectivity index is 2.96. The highest BCUT2D eigenvalue weighted by Gasteiger charge is 2.19. The second-order valence-electron chi connectivity index (χ2n) is 2.83. The lowest BCUT2D eigenvalue weighted by atomic mass is 10.3. The summed E-state index contributed by atoms with van der Waals surface area (Å²) in [5.74, 6) is -1.55. The quantitative estimate of drug-likeness (QED) is 0.757. The number of phenols is 1. The fourth-order valence-electron chi connectivity index (χ4n) is 0.951.